The number of halogens is 1. The van der Waals surface area contributed by atoms with Crippen molar-refractivity contribution in [2.75, 3.05) is 4.90 Å². The maximum atomic E-state index is 13.2. The van der Waals surface area contributed by atoms with Crippen LogP contribution < -0.4 is 15.3 Å². The minimum Gasteiger partial charge on any atom is -0.544 e. The fraction of sp³-hybridized carbons (Fsp3) is 0.250. The van der Waals surface area contributed by atoms with E-state index in [9.17, 15) is 24.6 Å². The fourth-order valence-electron chi connectivity index (χ4n) is 4.36. The van der Waals surface area contributed by atoms with Crippen LogP contribution in [0.25, 0.3) is 0 Å². The summed E-state index contributed by atoms with van der Waals surface area (Å²) in [7, 11) is 0. The molecule has 0 aliphatic carbocycles. The number of anilines is 1. The summed E-state index contributed by atoms with van der Waals surface area (Å²) >= 11 is 5.89. The maximum absolute atomic E-state index is 13.2. The van der Waals surface area contributed by atoms with Crippen LogP contribution in [-0.2, 0) is 14.4 Å². The molecule has 0 radical (unpaired) electrons. The van der Waals surface area contributed by atoms with Crippen LogP contribution in [0.1, 0.15) is 18.5 Å². The van der Waals surface area contributed by atoms with Gasteiger partial charge in [-0.2, -0.15) is 0 Å². The number of aromatic hydroxyl groups is 1. The molecule has 28 heavy (non-hydrogen) atoms. The standard InChI is InChI=1S/C20H17ClN2O5/c1-20(19(27)28)15-14(16(22-20)12-4-2-3-5-13(12)24)17(25)23(18(15)26)11-8-6-10(21)7-9-11/h2-9,14-16,22,24H,1H3,(H,27,28)/t14-,15-,16-,20+/m0/s1. The Balaban J connectivity index is 1.84. The first-order valence-corrected chi connectivity index (χ1v) is 9.12. The lowest BCUT2D eigenvalue weighted by atomic mass is 9.80. The quantitative estimate of drug-likeness (QED) is 0.703. The Morgan fingerprint density at radius 3 is 2.39 bits per heavy atom. The first-order valence-electron chi connectivity index (χ1n) is 8.74. The lowest BCUT2D eigenvalue weighted by Gasteiger charge is -2.29. The number of benzene rings is 2. The minimum atomic E-state index is -1.65. The number of quaternary nitrogens is 1. The number of carboxylic acid groups (broad SMARTS) is 1. The number of hydrogen-bond acceptors (Lipinski definition) is 5. The molecule has 3 N–H and O–H groups in total. The van der Waals surface area contributed by atoms with E-state index < -0.39 is 41.2 Å². The number of nitrogens with zero attached hydrogens (tertiary/aromatic N) is 1. The summed E-state index contributed by atoms with van der Waals surface area (Å²) in [5.41, 5.74) is -0.918. The van der Waals surface area contributed by atoms with Crippen molar-refractivity contribution in [1.82, 2.24) is 0 Å². The topological polar surface area (TPSA) is 114 Å². The third-order valence-corrected chi connectivity index (χ3v) is 5.98. The summed E-state index contributed by atoms with van der Waals surface area (Å²) in [6.07, 6.45) is 0. The number of aliphatic carboxylic acids is 1. The Kier molecular flexibility index (Phi) is 4.17. The summed E-state index contributed by atoms with van der Waals surface area (Å²) in [6, 6.07) is 11.8. The average molecular weight is 401 g/mol. The molecule has 0 saturated carbocycles. The van der Waals surface area contributed by atoms with E-state index in [4.69, 9.17) is 11.6 Å². The van der Waals surface area contributed by atoms with Crippen molar-refractivity contribution >= 4 is 35.1 Å². The van der Waals surface area contributed by atoms with Gasteiger partial charge in [-0.1, -0.05) is 23.7 Å². The van der Waals surface area contributed by atoms with E-state index in [0.29, 0.717) is 16.3 Å². The highest BCUT2D eigenvalue weighted by molar-refractivity contribution is 6.31. The highest BCUT2D eigenvalue weighted by atomic mass is 35.5. The van der Waals surface area contributed by atoms with Gasteiger partial charge < -0.3 is 20.3 Å². The van der Waals surface area contributed by atoms with Gasteiger partial charge in [-0.15, -0.1) is 0 Å². The molecule has 0 spiro atoms. The minimum absolute atomic E-state index is 0.0599. The Morgan fingerprint density at radius 2 is 1.79 bits per heavy atom. The number of hydrogen-bond donors (Lipinski definition) is 2. The number of rotatable bonds is 3. The average Bonchev–Trinajstić information content (AvgIpc) is 3.11. The number of carbonyl (C=O) groups is 3. The van der Waals surface area contributed by atoms with Crippen molar-refractivity contribution in [1.29, 1.82) is 0 Å². The van der Waals surface area contributed by atoms with Gasteiger partial charge in [-0.3, -0.25) is 9.59 Å². The van der Waals surface area contributed by atoms with E-state index in [-0.39, 0.29) is 5.75 Å². The molecular weight excluding hydrogens is 384 g/mol. The zero-order valence-corrected chi connectivity index (χ0v) is 15.6. The highest BCUT2D eigenvalue weighted by Crippen LogP contribution is 2.46. The van der Waals surface area contributed by atoms with Crippen LogP contribution in [0.4, 0.5) is 5.69 Å². The summed E-state index contributed by atoms with van der Waals surface area (Å²) in [6.45, 7) is 1.39. The molecule has 0 unspecified atom stereocenters. The molecule has 8 heteroatoms. The first-order chi connectivity index (χ1) is 13.3. The molecule has 144 valence electrons. The van der Waals surface area contributed by atoms with E-state index in [0.717, 1.165) is 4.90 Å². The SMILES string of the molecule is C[C@@]1(C(=O)[O-])[NH2+][C@@H](c2ccccc2O)[C@H]2C(=O)N(c3ccc(Cl)cc3)C(=O)[C@H]21. The van der Waals surface area contributed by atoms with Gasteiger partial charge in [-0.25, -0.2) is 4.90 Å². The number of phenols is 1. The number of fused-ring (bicyclic) bond motifs is 1. The number of carboxylic acids is 1. The molecule has 4 atom stereocenters. The summed E-state index contributed by atoms with van der Waals surface area (Å²) < 4.78 is 0. The second-order valence-corrected chi connectivity index (χ2v) is 7.75. The summed E-state index contributed by atoms with van der Waals surface area (Å²) in [5, 5.41) is 24.1. The van der Waals surface area contributed by atoms with Crippen molar-refractivity contribution in [2.45, 2.75) is 18.5 Å². The summed E-state index contributed by atoms with van der Waals surface area (Å²) in [5.74, 6) is -4.66. The Morgan fingerprint density at radius 1 is 1.14 bits per heavy atom. The van der Waals surface area contributed by atoms with Crippen molar-refractivity contribution < 1.29 is 29.9 Å². The maximum Gasteiger partial charge on any atom is 0.244 e. The van der Waals surface area contributed by atoms with E-state index in [1.165, 1.54) is 30.4 Å². The normalized spacial score (nSPS) is 29.2. The highest BCUT2D eigenvalue weighted by Gasteiger charge is 2.68. The number of phenolic OH excluding ortho intramolecular Hbond substituents is 1. The monoisotopic (exact) mass is 400 g/mol. The van der Waals surface area contributed by atoms with E-state index in [1.807, 2.05) is 0 Å². The lowest BCUT2D eigenvalue weighted by Crippen LogP contribution is -2.98. The van der Waals surface area contributed by atoms with E-state index >= 15 is 0 Å². The van der Waals surface area contributed by atoms with Crippen molar-refractivity contribution in [3.63, 3.8) is 0 Å². The molecule has 4 rings (SSSR count). The predicted molar refractivity (Wildman–Crippen MR) is 97.1 cm³/mol. The van der Waals surface area contributed by atoms with E-state index in [1.54, 1.807) is 30.3 Å². The van der Waals surface area contributed by atoms with Gasteiger partial charge in [0.2, 0.25) is 11.8 Å². The zero-order valence-electron chi connectivity index (χ0n) is 14.8. The number of amides is 2. The molecule has 2 amide bonds. The van der Waals surface area contributed by atoms with Crippen LogP contribution in [0.2, 0.25) is 5.02 Å². The van der Waals surface area contributed by atoms with Gasteiger partial charge >= 0.3 is 0 Å². The van der Waals surface area contributed by atoms with Gasteiger partial charge in [0, 0.05) is 5.02 Å². The number of para-hydroxylation sites is 1. The Bertz CT molecular complexity index is 992. The number of carbonyl (C=O) groups excluding carboxylic acids is 3. The molecule has 2 heterocycles. The summed E-state index contributed by atoms with van der Waals surface area (Å²) in [4.78, 5) is 39.4. The van der Waals surface area contributed by atoms with E-state index in [2.05, 4.69) is 0 Å². The second-order valence-electron chi connectivity index (χ2n) is 7.31. The largest absolute Gasteiger partial charge is 0.544 e. The van der Waals surface area contributed by atoms with Crippen LogP contribution in [0.5, 0.6) is 5.75 Å². The molecular formula is C20H17ClN2O5. The second kappa shape index (κ2) is 6.32. The molecule has 2 saturated heterocycles. The van der Waals surface area contributed by atoms with Crippen LogP contribution in [0.15, 0.2) is 48.5 Å². The molecule has 0 bridgehead atoms. The van der Waals surface area contributed by atoms with Crippen LogP contribution in [0, 0.1) is 11.8 Å². The van der Waals surface area contributed by atoms with Gasteiger partial charge in [-0.05, 0) is 43.3 Å². The zero-order chi connectivity index (χ0) is 20.2. The third-order valence-electron chi connectivity index (χ3n) is 5.73. The molecule has 2 aromatic rings. The Hall–Kier alpha value is -2.90. The molecule has 2 aliphatic heterocycles. The lowest BCUT2D eigenvalue weighted by molar-refractivity contribution is -0.735. The van der Waals surface area contributed by atoms with Crippen LogP contribution in [0.3, 0.4) is 0 Å². The molecule has 2 aliphatic rings. The van der Waals surface area contributed by atoms with Gasteiger partial charge in [0.15, 0.2) is 0 Å². The van der Waals surface area contributed by atoms with Crippen LogP contribution in [-0.4, -0.2) is 28.4 Å². The van der Waals surface area contributed by atoms with Gasteiger partial charge in [0.25, 0.3) is 0 Å². The Labute approximate surface area is 165 Å². The van der Waals surface area contributed by atoms with Crippen LogP contribution >= 0.6 is 11.6 Å². The molecule has 7 nitrogen and oxygen atoms in total. The number of imide groups is 1. The number of nitrogens with two attached hydrogens (primary N) is 1. The molecule has 2 aromatic carbocycles. The van der Waals surface area contributed by atoms with Crippen molar-refractivity contribution in [2.24, 2.45) is 11.8 Å². The van der Waals surface area contributed by atoms with Crippen molar-refractivity contribution in [3.8, 4) is 5.75 Å². The molecule has 0 aromatic heterocycles. The first kappa shape index (κ1) is 18.5. The smallest absolute Gasteiger partial charge is 0.244 e. The molecule has 2 fully saturated rings. The fourth-order valence-corrected chi connectivity index (χ4v) is 4.48. The predicted octanol–water partition coefficient (Wildman–Crippen LogP) is -0.0219. The van der Waals surface area contributed by atoms with Crippen molar-refractivity contribution in [3.05, 3.63) is 59.1 Å². The third kappa shape index (κ3) is 2.51. The van der Waals surface area contributed by atoms with Gasteiger partial charge in [0.1, 0.15) is 35.1 Å². The van der Waals surface area contributed by atoms with Gasteiger partial charge in [0.05, 0.1) is 11.3 Å².